The highest BCUT2D eigenvalue weighted by Gasteiger charge is 2.04. The van der Waals surface area contributed by atoms with Gasteiger partial charge in [-0.1, -0.05) is 0 Å². The van der Waals surface area contributed by atoms with Crippen molar-refractivity contribution in [3.63, 3.8) is 0 Å². The van der Waals surface area contributed by atoms with E-state index in [-0.39, 0.29) is 0 Å². The Hall–Kier alpha value is -1.36. The van der Waals surface area contributed by atoms with E-state index in [1.54, 1.807) is 6.20 Å². The quantitative estimate of drug-likeness (QED) is 0.771. The fourth-order valence-electron chi connectivity index (χ4n) is 1.29. The van der Waals surface area contributed by atoms with Gasteiger partial charge in [0, 0.05) is 11.9 Å². The van der Waals surface area contributed by atoms with E-state index in [4.69, 9.17) is 16.6 Å². The van der Waals surface area contributed by atoms with E-state index in [0.29, 0.717) is 17.2 Å². The largest absolute Gasteiger partial charge is 0.444 e. The summed E-state index contributed by atoms with van der Waals surface area (Å²) in [6, 6.07) is 0. The topological polar surface area (TPSA) is 46.8 Å². The van der Waals surface area contributed by atoms with Crippen molar-refractivity contribution in [2.75, 3.05) is 0 Å². The van der Waals surface area contributed by atoms with E-state index in [1.165, 1.54) is 0 Å². The first-order chi connectivity index (χ1) is 6.66. The fourth-order valence-corrected chi connectivity index (χ4v) is 1.56. The van der Waals surface area contributed by atoms with Crippen LogP contribution >= 0.6 is 12.2 Å². The predicted octanol–water partition coefficient (Wildman–Crippen LogP) is 2.20. The second kappa shape index (κ2) is 3.42. The van der Waals surface area contributed by atoms with Gasteiger partial charge in [-0.25, -0.2) is 4.98 Å². The molecule has 0 spiro atoms. The number of aromatic amines is 1. The summed E-state index contributed by atoms with van der Waals surface area (Å²) >= 11 is 5.12. The summed E-state index contributed by atoms with van der Waals surface area (Å²) in [6.45, 7) is 4.45. The van der Waals surface area contributed by atoms with Crippen LogP contribution in [0.25, 0.3) is 0 Å². The van der Waals surface area contributed by atoms with Gasteiger partial charge in [-0.2, -0.15) is 0 Å². The van der Waals surface area contributed by atoms with Gasteiger partial charge in [-0.15, -0.1) is 0 Å². The molecule has 0 aliphatic heterocycles. The summed E-state index contributed by atoms with van der Waals surface area (Å²) in [6.07, 6.45) is 3.58. The Balaban J connectivity index is 2.31. The molecule has 14 heavy (non-hydrogen) atoms. The zero-order valence-corrected chi connectivity index (χ0v) is 8.89. The van der Waals surface area contributed by atoms with Crippen molar-refractivity contribution < 1.29 is 4.42 Å². The molecule has 2 rings (SSSR count). The molecule has 0 atom stereocenters. The Kier molecular flexibility index (Phi) is 2.25. The monoisotopic (exact) mass is 209 g/mol. The number of aryl methyl sites for hydroxylation is 2. The van der Waals surface area contributed by atoms with Crippen LogP contribution in [0.4, 0.5) is 0 Å². The van der Waals surface area contributed by atoms with Crippen molar-refractivity contribution in [2.24, 2.45) is 0 Å². The highest BCUT2D eigenvalue weighted by Crippen LogP contribution is 2.07. The number of aromatic nitrogens is 3. The van der Waals surface area contributed by atoms with Crippen LogP contribution < -0.4 is 0 Å². The molecule has 2 heterocycles. The molecule has 0 saturated heterocycles. The van der Waals surface area contributed by atoms with Gasteiger partial charge in [0.25, 0.3) is 0 Å². The average molecular weight is 209 g/mol. The molecule has 0 unspecified atom stereocenters. The maximum atomic E-state index is 5.37. The second-order valence-corrected chi connectivity index (χ2v) is 3.57. The van der Waals surface area contributed by atoms with Crippen LogP contribution in [0.15, 0.2) is 16.8 Å². The van der Waals surface area contributed by atoms with Gasteiger partial charge in [0.15, 0.2) is 4.77 Å². The molecule has 0 saturated carbocycles. The van der Waals surface area contributed by atoms with Crippen LogP contribution in [0, 0.1) is 18.6 Å². The van der Waals surface area contributed by atoms with Gasteiger partial charge in [0.05, 0.1) is 6.20 Å². The van der Waals surface area contributed by atoms with Crippen molar-refractivity contribution in [3.8, 4) is 0 Å². The van der Waals surface area contributed by atoms with E-state index in [0.717, 1.165) is 11.5 Å². The van der Waals surface area contributed by atoms with E-state index in [2.05, 4.69) is 9.97 Å². The van der Waals surface area contributed by atoms with E-state index >= 15 is 0 Å². The standard InChI is InChI=1S/C9H11N3OS/c1-6-3-11-9(14)12(6)5-8-10-4-7(2)13-8/h3-4H,5H2,1-2H3,(H,11,14). The van der Waals surface area contributed by atoms with Crippen LogP contribution in [0.1, 0.15) is 17.3 Å². The van der Waals surface area contributed by atoms with Crippen molar-refractivity contribution in [3.05, 3.63) is 34.5 Å². The predicted molar refractivity (Wildman–Crippen MR) is 54.7 cm³/mol. The lowest BCUT2D eigenvalue weighted by molar-refractivity contribution is 0.454. The molecule has 1 N–H and O–H groups in total. The highest BCUT2D eigenvalue weighted by molar-refractivity contribution is 7.71. The average Bonchev–Trinajstić information content (AvgIpc) is 2.67. The second-order valence-electron chi connectivity index (χ2n) is 3.19. The maximum Gasteiger partial charge on any atom is 0.214 e. The Labute approximate surface area is 86.6 Å². The SMILES string of the molecule is Cc1cnc(Cn2c(C)c[nH]c2=S)o1. The molecule has 0 radical (unpaired) electrons. The number of H-pyrrole nitrogens is 1. The van der Waals surface area contributed by atoms with Crippen molar-refractivity contribution >= 4 is 12.2 Å². The summed E-state index contributed by atoms with van der Waals surface area (Å²) in [7, 11) is 0. The Morgan fingerprint density at radius 2 is 2.36 bits per heavy atom. The lowest BCUT2D eigenvalue weighted by Crippen LogP contribution is -2.01. The number of nitrogens with zero attached hydrogens (tertiary/aromatic N) is 2. The Morgan fingerprint density at radius 1 is 1.57 bits per heavy atom. The molecular formula is C9H11N3OS. The number of hydrogen-bond donors (Lipinski definition) is 1. The third kappa shape index (κ3) is 1.63. The summed E-state index contributed by atoms with van der Waals surface area (Å²) in [5.41, 5.74) is 1.07. The van der Waals surface area contributed by atoms with E-state index in [1.807, 2.05) is 24.6 Å². The van der Waals surface area contributed by atoms with E-state index in [9.17, 15) is 0 Å². The summed E-state index contributed by atoms with van der Waals surface area (Å²) < 4.78 is 8.01. The molecule has 0 aromatic carbocycles. The van der Waals surface area contributed by atoms with E-state index < -0.39 is 0 Å². The number of imidazole rings is 1. The van der Waals surface area contributed by atoms with Crippen LogP contribution in [-0.4, -0.2) is 14.5 Å². The number of hydrogen-bond acceptors (Lipinski definition) is 3. The van der Waals surface area contributed by atoms with Gasteiger partial charge in [-0.05, 0) is 26.1 Å². The first-order valence-corrected chi connectivity index (χ1v) is 4.74. The minimum Gasteiger partial charge on any atom is -0.444 e. The zero-order chi connectivity index (χ0) is 10.1. The van der Waals surface area contributed by atoms with Crippen LogP contribution in [0.3, 0.4) is 0 Å². The normalized spacial score (nSPS) is 10.7. The molecule has 0 aliphatic carbocycles. The van der Waals surface area contributed by atoms with Gasteiger partial charge in [0.2, 0.25) is 5.89 Å². The number of nitrogens with one attached hydrogen (secondary N) is 1. The minimum atomic E-state index is 0.585. The molecule has 2 aromatic rings. The molecular weight excluding hydrogens is 198 g/mol. The van der Waals surface area contributed by atoms with Gasteiger partial charge < -0.3 is 14.0 Å². The summed E-state index contributed by atoms with van der Waals surface area (Å²) in [5.74, 6) is 1.50. The lowest BCUT2D eigenvalue weighted by Gasteiger charge is -2.00. The molecule has 0 bridgehead atoms. The minimum absolute atomic E-state index is 0.585. The van der Waals surface area contributed by atoms with Gasteiger partial charge >= 0.3 is 0 Å². The molecule has 0 aliphatic rings. The zero-order valence-electron chi connectivity index (χ0n) is 8.07. The molecule has 2 aromatic heterocycles. The van der Waals surface area contributed by atoms with Crippen molar-refractivity contribution in [2.45, 2.75) is 20.4 Å². The van der Waals surface area contributed by atoms with Crippen molar-refractivity contribution in [1.29, 1.82) is 0 Å². The smallest absolute Gasteiger partial charge is 0.214 e. The third-order valence-electron chi connectivity index (χ3n) is 2.04. The van der Waals surface area contributed by atoms with Crippen molar-refractivity contribution in [1.82, 2.24) is 14.5 Å². The third-order valence-corrected chi connectivity index (χ3v) is 2.38. The van der Waals surface area contributed by atoms with Crippen LogP contribution in [0.5, 0.6) is 0 Å². The fraction of sp³-hybridized carbons (Fsp3) is 0.333. The number of rotatable bonds is 2. The molecule has 74 valence electrons. The Morgan fingerprint density at radius 3 is 2.86 bits per heavy atom. The Bertz CT molecular complexity index is 494. The molecule has 4 nitrogen and oxygen atoms in total. The molecule has 0 amide bonds. The van der Waals surface area contributed by atoms with Gasteiger partial charge in [-0.3, -0.25) is 0 Å². The summed E-state index contributed by atoms with van der Waals surface area (Å²) in [4.78, 5) is 7.10. The first-order valence-electron chi connectivity index (χ1n) is 4.33. The van der Waals surface area contributed by atoms with Crippen LogP contribution in [0.2, 0.25) is 0 Å². The number of oxazole rings is 1. The first kappa shape index (κ1) is 9.21. The van der Waals surface area contributed by atoms with Crippen LogP contribution in [-0.2, 0) is 6.54 Å². The molecule has 0 fully saturated rings. The highest BCUT2D eigenvalue weighted by atomic mass is 32.1. The summed E-state index contributed by atoms with van der Waals surface area (Å²) in [5, 5.41) is 0. The lowest BCUT2D eigenvalue weighted by atomic mass is 10.5. The van der Waals surface area contributed by atoms with Gasteiger partial charge in [0.1, 0.15) is 12.3 Å². The molecule has 5 heteroatoms. The maximum absolute atomic E-state index is 5.37.